The van der Waals surface area contributed by atoms with Gasteiger partial charge >= 0.3 is 0 Å². The number of hydrogen-bond acceptors (Lipinski definition) is 4. The standard InChI is InChI=1S/C20H19BrN4O2/c1-13-4-2-5-14(8-13)11-22-24-19(26)17-10-18(17)20(27)25-23-12-15-6-3-7-16(21)9-15/h2-9,11-12,17-18H,10H2,1H3,(H,24,26)(H,25,27)/b22-11+,23-12+. The molecule has 0 bridgehead atoms. The van der Waals surface area contributed by atoms with Crippen LogP contribution in [0.25, 0.3) is 0 Å². The van der Waals surface area contributed by atoms with E-state index in [1.54, 1.807) is 12.4 Å². The Morgan fingerprint density at radius 1 is 0.963 bits per heavy atom. The van der Waals surface area contributed by atoms with Crippen LogP contribution in [0, 0.1) is 18.8 Å². The van der Waals surface area contributed by atoms with E-state index in [4.69, 9.17) is 0 Å². The molecule has 0 aliphatic heterocycles. The molecule has 27 heavy (non-hydrogen) atoms. The minimum atomic E-state index is -0.362. The lowest BCUT2D eigenvalue weighted by Crippen LogP contribution is -2.25. The number of hydrazone groups is 2. The Hall–Kier alpha value is -2.80. The van der Waals surface area contributed by atoms with Gasteiger partial charge in [-0.15, -0.1) is 0 Å². The number of amides is 2. The molecule has 3 rings (SSSR count). The maximum absolute atomic E-state index is 12.1. The van der Waals surface area contributed by atoms with E-state index in [1.165, 1.54) is 0 Å². The van der Waals surface area contributed by atoms with Crippen LogP contribution in [0.3, 0.4) is 0 Å². The van der Waals surface area contributed by atoms with Crippen LogP contribution in [0.5, 0.6) is 0 Å². The number of nitrogens with one attached hydrogen (secondary N) is 2. The molecule has 7 heteroatoms. The Morgan fingerprint density at radius 2 is 1.52 bits per heavy atom. The first-order valence-electron chi connectivity index (χ1n) is 8.51. The van der Waals surface area contributed by atoms with Gasteiger partial charge in [0.1, 0.15) is 0 Å². The number of carbonyl (C=O) groups excluding carboxylic acids is 2. The summed E-state index contributed by atoms with van der Waals surface area (Å²) < 4.78 is 0.933. The molecule has 0 radical (unpaired) electrons. The van der Waals surface area contributed by atoms with Crippen molar-refractivity contribution in [1.82, 2.24) is 10.9 Å². The summed E-state index contributed by atoms with van der Waals surface area (Å²) in [6.07, 6.45) is 3.65. The van der Waals surface area contributed by atoms with Gasteiger partial charge in [0.25, 0.3) is 0 Å². The summed E-state index contributed by atoms with van der Waals surface area (Å²) in [5.41, 5.74) is 7.86. The van der Waals surface area contributed by atoms with Crippen molar-refractivity contribution in [2.75, 3.05) is 0 Å². The summed E-state index contributed by atoms with van der Waals surface area (Å²) in [6.45, 7) is 1.99. The number of aryl methyl sites for hydroxylation is 1. The molecule has 1 fully saturated rings. The maximum Gasteiger partial charge on any atom is 0.244 e. The van der Waals surface area contributed by atoms with Gasteiger partial charge in [0.2, 0.25) is 11.8 Å². The van der Waals surface area contributed by atoms with Gasteiger partial charge in [0.05, 0.1) is 24.3 Å². The summed E-state index contributed by atoms with van der Waals surface area (Å²) in [5, 5.41) is 7.90. The van der Waals surface area contributed by atoms with E-state index in [2.05, 4.69) is 37.0 Å². The van der Waals surface area contributed by atoms with Crippen molar-refractivity contribution in [3.63, 3.8) is 0 Å². The fourth-order valence-corrected chi connectivity index (χ4v) is 3.04. The second-order valence-electron chi connectivity index (χ2n) is 6.39. The van der Waals surface area contributed by atoms with E-state index in [-0.39, 0.29) is 23.7 Å². The van der Waals surface area contributed by atoms with Crippen LogP contribution in [0.1, 0.15) is 23.1 Å². The first kappa shape index (κ1) is 19.0. The highest BCUT2D eigenvalue weighted by atomic mass is 79.9. The van der Waals surface area contributed by atoms with E-state index < -0.39 is 0 Å². The molecule has 2 amide bonds. The molecule has 0 aromatic heterocycles. The Labute approximate surface area is 165 Å². The number of hydrogen-bond donors (Lipinski definition) is 2. The highest BCUT2D eigenvalue weighted by Gasteiger charge is 2.48. The Balaban J connectivity index is 1.44. The molecule has 2 unspecified atom stereocenters. The molecule has 0 saturated heterocycles. The van der Waals surface area contributed by atoms with Gasteiger partial charge in [-0.1, -0.05) is 57.9 Å². The van der Waals surface area contributed by atoms with Crippen LogP contribution in [0.2, 0.25) is 0 Å². The van der Waals surface area contributed by atoms with Crippen molar-refractivity contribution >= 4 is 40.2 Å². The maximum atomic E-state index is 12.1. The lowest BCUT2D eigenvalue weighted by molar-refractivity contribution is -0.127. The molecule has 1 aliphatic rings. The highest BCUT2D eigenvalue weighted by molar-refractivity contribution is 9.10. The third-order valence-electron chi connectivity index (χ3n) is 4.13. The molecule has 2 N–H and O–H groups in total. The summed E-state index contributed by atoms with van der Waals surface area (Å²) >= 11 is 3.37. The van der Waals surface area contributed by atoms with Gasteiger partial charge in [0, 0.05) is 4.47 Å². The third kappa shape index (κ3) is 5.59. The largest absolute Gasteiger partial charge is 0.273 e. The van der Waals surface area contributed by atoms with Gasteiger partial charge in [-0.05, 0) is 36.6 Å². The molecule has 1 saturated carbocycles. The normalized spacial score (nSPS) is 18.6. The highest BCUT2D eigenvalue weighted by Crippen LogP contribution is 2.38. The van der Waals surface area contributed by atoms with E-state index in [0.717, 1.165) is 21.2 Å². The van der Waals surface area contributed by atoms with Crippen LogP contribution in [-0.4, -0.2) is 24.2 Å². The van der Waals surface area contributed by atoms with Crippen molar-refractivity contribution in [2.45, 2.75) is 13.3 Å². The number of halogens is 1. The Kier molecular flexibility index (Phi) is 6.13. The monoisotopic (exact) mass is 426 g/mol. The zero-order valence-electron chi connectivity index (χ0n) is 14.7. The van der Waals surface area contributed by atoms with Crippen molar-refractivity contribution in [3.8, 4) is 0 Å². The molecule has 138 valence electrons. The second kappa shape index (κ2) is 8.73. The fraction of sp³-hybridized carbons (Fsp3) is 0.200. The Bertz CT molecular complexity index is 837. The first-order valence-corrected chi connectivity index (χ1v) is 9.30. The van der Waals surface area contributed by atoms with Crippen molar-refractivity contribution in [1.29, 1.82) is 0 Å². The molecule has 0 spiro atoms. The summed E-state index contributed by atoms with van der Waals surface area (Å²) in [4.78, 5) is 24.1. The molecular weight excluding hydrogens is 408 g/mol. The number of benzene rings is 2. The SMILES string of the molecule is Cc1cccc(/C=N/NC(=O)C2CC2C(=O)N/N=C/c2cccc(Br)c2)c1. The van der Waals surface area contributed by atoms with Gasteiger partial charge in [-0.25, -0.2) is 10.9 Å². The lowest BCUT2D eigenvalue weighted by atomic mass is 10.2. The number of nitrogens with zero attached hydrogens (tertiary/aromatic N) is 2. The van der Waals surface area contributed by atoms with Gasteiger partial charge < -0.3 is 0 Å². The second-order valence-corrected chi connectivity index (χ2v) is 7.30. The molecule has 2 aromatic rings. The minimum absolute atomic E-state index is 0.255. The Morgan fingerprint density at radius 3 is 2.07 bits per heavy atom. The van der Waals surface area contributed by atoms with Crippen LogP contribution in [-0.2, 0) is 9.59 Å². The molecule has 0 heterocycles. The summed E-state index contributed by atoms with van der Waals surface area (Å²) in [5.74, 6) is -1.24. The number of rotatable bonds is 6. The topological polar surface area (TPSA) is 82.9 Å². The third-order valence-corrected chi connectivity index (χ3v) is 4.62. The number of carbonyl (C=O) groups is 2. The van der Waals surface area contributed by atoms with Crippen LogP contribution in [0.4, 0.5) is 0 Å². The molecule has 2 atom stereocenters. The van der Waals surface area contributed by atoms with Crippen molar-refractivity contribution < 1.29 is 9.59 Å². The molecule has 2 aromatic carbocycles. The van der Waals surface area contributed by atoms with Crippen LogP contribution >= 0.6 is 15.9 Å². The van der Waals surface area contributed by atoms with Gasteiger partial charge in [0.15, 0.2) is 0 Å². The predicted molar refractivity (Wildman–Crippen MR) is 108 cm³/mol. The van der Waals surface area contributed by atoms with Gasteiger partial charge in [-0.3, -0.25) is 9.59 Å². The lowest BCUT2D eigenvalue weighted by Gasteiger charge is -2.00. The van der Waals surface area contributed by atoms with Crippen molar-refractivity contribution in [3.05, 3.63) is 69.7 Å². The molecule has 6 nitrogen and oxygen atoms in total. The first-order chi connectivity index (χ1) is 13.0. The summed E-state index contributed by atoms with van der Waals surface area (Å²) in [7, 11) is 0. The average Bonchev–Trinajstić information content (AvgIpc) is 3.43. The average molecular weight is 427 g/mol. The van der Waals surface area contributed by atoms with Crippen LogP contribution in [0.15, 0.2) is 63.2 Å². The van der Waals surface area contributed by atoms with E-state index >= 15 is 0 Å². The van der Waals surface area contributed by atoms with E-state index in [1.807, 2.05) is 55.5 Å². The fourth-order valence-electron chi connectivity index (χ4n) is 2.62. The summed E-state index contributed by atoms with van der Waals surface area (Å²) in [6, 6.07) is 15.3. The van der Waals surface area contributed by atoms with Gasteiger partial charge in [-0.2, -0.15) is 10.2 Å². The quantitative estimate of drug-likeness (QED) is 0.549. The van der Waals surface area contributed by atoms with Crippen molar-refractivity contribution in [2.24, 2.45) is 22.0 Å². The van der Waals surface area contributed by atoms with E-state index in [9.17, 15) is 9.59 Å². The molecule has 1 aliphatic carbocycles. The zero-order valence-corrected chi connectivity index (χ0v) is 16.3. The van der Waals surface area contributed by atoms with E-state index in [0.29, 0.717) is 6.42 Å². The smallest absolute Gasteiger partial charge is 0.244 e. The predicted octanol–water partition coefficient (Wildman–Crippen LogP) is 2.99. The van der Waals surface area contributed by atoms with Crippen LogP contribution < -0.4 is 10.9 Å². The minimum Gasteiger partial charge on any atom is -0.273 e. The molecular formula is C20H19BrN4O2. The zero-order chi connectivity index (χ0) is 19.2.